The summed E-state index contributed by atoms with van der Waals surface area (Å²) in [5.41, 5.74) is 2.99. The number of hydrogen-bond donors (Lipinski definition) is 0. The Morgan fingerprint density at radius 1 is 1.28 bits per heavy atom. The van der Waals surface area contributed by atoms with E-state index in [1.165, 1.54) is 30.5 Å². The number of fused-ring (bicyclic) bond motifs is 2. The van der Waals surface area contributed by atoms with Crippen molar-refractivity contribution in [1.29, 1.82) is 0 Å². The van der Waals surface area contributed by atoms with Crippen LogP contribution in [-0.2, 0) is 21.5 Å². The van der Waals surface area contributed by atoms with Crippen molar-refractivity contribution in [2.45, 2.75) is 44.6 Å². The molecule has 1 spiro atoms. The highest BCUT2D eigenvalue weighted by molar-refractivity contribution is 5.74. The van der Waals surface area contributed by atoms with E-state index in [9.17, 15) is 4.79 Å². The molecule has 3 heterocycles. The quantitative estimate of drug-likeness (QED) is 0.828. The van der Waals surface area contributed by atoms with Crippen molar-refractivity contribution >= 4 is 5.91 Å². The van der Waals surface area contributed by atoms with E-state index in [0.29, 0.717) is 5.92 Å². The van der Waals surface area contributed by atoms with Crippen LogP contribution in [0.25, 0.3) is 0 Å². The Morgan fingerprint density at radius 2 is 2.08 bits per heavy atom. The Balaban J connectivity index is 1.47. The predicted molar refractivity (Wildman–Crippen MR) is 98.4 cm³/mol. The molecule has 0 bridgehead atoms. The number of benzene rings is 1. The molecule has 0 saturated carbocycles. The van der Waals surface area contributed by atoms with E-state index in [0.717, 1.165) is 52.2 Å². The molecule has 3 aliphatic rings. The number of hydrogen-bond acceptors (Lipinski definition) is 3. The van der Waals surface area contributed by atoms with Crippen molar-refractivity contribution in [2.24, 2.45) is 5.92 Å². The third-order valence-corrected chi connectivity index (χ3v) is 6.47. The van der Waals surface area contributed by atoms with Gasteiger partial charge in [0.1, 0.15) is 0 Å². The third-order valence-electron chi connectivity index (χ3n) is 6.47. The molecule has 1 atom stereocenters. The van der Waals surface area contributed by atoms with Crippen LogP contribution in [0, 0.1) is 5.92 Å². The van der Waals surface area contributed by atoms with Gasteiger partial charge in [0, 0.05) is 38.6 Å². The standard InChI is InChI=1S/C21H30N2O2/c1-17(24)23-14-19-6-2-3-7-20(19)21(16-23)8-10-22(11-9-21)13-18-5-4-12-25-15-18/h2-3,6-7,18H,4-5,8-16H2,1H3. The van der Waals surface area contributed by atoms with Crippen LogP contribution < -0.4 is 0 Å². The van der Waals surface area contributed by atoms with Gasteiger partial charge in [0.25, 0.3) is 0 Å². The maximum atomic E-state index is 12.1. The minimum atomic E-state index is 0.153. The molecule has 25 heavy (non-hydrogen) atoms. The summed E-state index contributed by atoms with van der Waals surface area (Å²) >= 11 is 0. The zero-order valence-electron chi connectivity index (χ0n) is 15.4. The molecule has 2 saturated heterocycles. The molecule has 1 unspecified atom stereocenters. The van der Waals surface area contributed by atoms with Gasteiger partial charge in [-0.2, -0.15) is 0 Å². The van der Waals surface area contributed by atoms with Gasteiger partial charge in [0.15, 0.2) is 0 Å². The molecule has 4 nitrogen and oxygen atoms in total. The average Bonchev–Trinajstić information content (AvgIpc) is 2.64. The minimum absolute atomic E-state index is 0.153. The fourth-order valence-corrected chi connectivity index (χ4v) is 5.02. The van der Waals surface area contributed by atoms with Crippen LogP contribution in [0.5, 0.6) is 0 Å². The lowest BCUT2D eigenvalue weighted by Crippen LogP contribution is -2.53. The fraction of sp³-hybridized carbons (Fsp3) is 0.667. The Kier molecular flexibility index (Phi) is 4.83. The number of carbonyl (C=O) groups excluding carboxylic acids is 1. The summed E-state index contributed by atoms with van der Waals surface area (Å²) < 4.78 is 5.65. The molecule has 0 aromatic heterocycles. The first kappa shape index (κ1) is 17.0. The molecule has 4 rings (SSSR count). The second-order valence-electron chi connectivity index (χ2n) is 8.20. The molecule has 1 aromatic rings. The van der Waals surface area contributed by atoms with E-state index in [1.54, 1.807) is 6.92 Å². The first-order valence-corrected chi connectivity index (χ1v) is 9.80. The van der Waals surface area contributed by atoms with Crippen LogP contribution in [0.15, 0.2) is 24.3 Å². The van der Waals surface area contributed by atoms with Gasteiger partial charge in [-0.25, -0.2) is 0 Å². The monoisotopic (exact) mass is 342 g/mol. The topological polar surface area (TPSA) is 32.8 Å². The highest BCUT2D eigenvalue weighted by Gasteiger charge is 2.42. The van der Waals surface area contributed by atoms with E-state index >= 15 is 0 Å². The molecule has 0 N–H and O–H groups in total. The minimum Gasteiger partial charge on any atom is -0.381 e. The highest BCUT2D eigenvalue weighted by Crippen LogP contribution is 2.42. The van der Waals surface area contributed by atoms with Crippen molar-refractivity contribution < 1.29 is 9.53 Å². The van der Waals surface area contributed by atoms with Gasteiger partial charge >= 0.3 is 0 Å². The number of ether oxygens (including phenoxy) is 1. The number of amides is 1. The van der Waals surface area contributed by atoms with Gasteiger partial charge in [-0.3, -0.25) is 4.79 Å². The van der Waals surface area contributed by atoms with Crippen LogP contribution in [0.4, 0.5) is 0 Å². The van der Waals surface area contributed by atoms with E-state index in [1.807, 2.05) is 4.90 Å². The smallest absolute Gasteiger partial charge is 0.219 e. The molecule has 2 fully saturated rings. The number of likely N-dealkylation sites (tertiary alicyclic amines) is 1. The third kappa shape index (κ3) is 3.47. The van der Waals surface area contributed by atoms with Gasteiger partial charge in [-0.15, -0.1) is 0 Å². The van der Waals surface area contributed by atoms with Crippen molar-refractivity contribution in [2.75, 3.05) is 39.4 Å². The van der Waals surface area contributed by atoms with Gasteiger partial charge < -0.3 is 14.5 Å². The molecular formula is C21H30N2O2. The molecule has 1 aromatic carbocycles. The first-order chi connectivity index (χ1) is 12.2. The molecule has 1 amide bonds. The molecule has 3 aliphatic heterocycles. The maximum Gasteiger partial charge on any atom is 0.219 e. The second kappa shape index (κ2) is 7.08. The van der Waals surface area contributed by atoms with Crippen molar-refractivity contribution in [3.05, 3.63) is 35.4 Å². The Hall–Kier alpha value is -1.39. The van der Waals surface area contributed by atoms with Gasteiger partial charge in [-0.05, 0) is 55.8 Å². The van der Waals surface area contributed by atoms with Crippen LogP contribution >= 0.6 is 0 Å². The number of nitrogens with zero attached hydrogens (tertiary/aromatic N) is 2. The summed E-state index contributed by atoms with van der Waals surface area (Å²) in [7, 11) is 0. The van der Waals surface area contributed by atoms with Crippen LogP contribution in [0.2, 0.25) is 0 Å². The summed E-state index contributed by atoms with van der Waals surface area (Å²) in [5, 5.41) is 0. The van der Waals surface area contributed by atoms with Gasteiger partial charge in [0.2, 0.25) is 5.91 Å². The maximum absolute atomic E-state index is 12.1. The predicted octanol–water partition coefficient (Wildman–Crippen LogP) is 2.81. The highest BCUT2D eigenvalue weighted by atomic mass is 16.5. The normalized spacial score (nSPS) is 26.4. The average molecular weight is 342 g/mol. The van der Waals surface area contributed by atoms with Crippen LogP contribution in [0.1, 0.15) is 43.7 Å². The summed E-state index contributed by atoms with van der Waals surface area (Å²) in [6.07, 6.45) is 4.83. The molecule has 136 valence electrons. The molecule has 0 aliphatic carbocycles. The lowest BCUT2D eigenvalue weighted by molar-refractivity contribution is -0.131. The number of carbonyl (C=O) groups is 1. The SMILES string of the molecule is CC(=O)N1Cc2ccccc2C2(CCN(CC3CCCOC3)CC2)C1. The second-order valence-corrected chi connectivity index (χ2v) is 8.20. The number of piperidine rings is 1. The van der Waals surface area contributed by atoms with E-state index in [2.05, 4.69) is 29.2 Å². The lowest BCUT2D eigenvalue weighted by Gasteiger charge is -2.49. The fourth-order valence-electron chi connectivity index (χ4n) is 5.02. The van der Waals surface area contributed by atoms with Crippen LogP contribution in [-0.4, -0.2) is 55.1 Å². The zero-order chi connectivity index (χ0) is 17.3. The van der Waals surface area contributed by atoms with E-state index in [-0.39, 0.29) is 11.3 Å². The van der Waals surface area contributed by atoms with Crippen molar-refractivity contribution in [3.63, 3.8) is 0 Å². The summed E-state index contributed by atoms with van der Waals surface area (Å²) in [5.74, 6) is 0.908. The summed E-state index contributed by atoms with van der Waals surface area (Å²) in [4.78, 5) is 16.7. The van der Waals surface area contributed by atoms with Crippen molar-refractivity contribution in [3.8, 4) is 0 Å². The van der Waals surface area contributed by atoms with E-state index < -0.39 is 0 Å². The van der Waals surface area contributed by atoms with Crippen molar-refractivity contribution in [1.82, 2.24) is 9.80 Å². The van der Waals surface area contributed by atoms with Crippen LogP contribution in [0.3, 0.4) is 0 Å². The summed E-state index contributed by atoms with van der Waals surface area (Å²) in [6, 6.07) is 8.78. The first-order valence-electron chi connectivity index (χ1n) is 9.80. The van der Waals surface area contributed by atoms with Gasteiger partial charge in [0.05, 0.1) is 6.61 Å². The molecule has 4 heteroatoms. The number of rotatable bonds is 2. The lowest BCUT2D eigenvalue weighted by atomic mass is 9.68. The Bertz CT molecular complexity index is 616. The van der Waals surface area contributed by atoms with Gasteiger partial charge in [-0.1, -0.05) is 24.3 Å². The molecule has 0 radical (unpaired) electrons. The van der Waals surface area contributed by atoms with E-state index in [4.69, 9.17) is 4.74 Å². The largest absolute Gasteiger partial charge is 0.381 e. The Morgan fingerprint density at radius 3 is 2.80 bits per heavy atom. The molecular weight excluding hydrogens is 312 g/mol. The summed E-state index contributed by atoms with van der Waals surface area (Å²) in [6.45, 7) is 8.69. The zero-order valence-corrected chi connectivity index (χ0v) is 15.4. The Labute approximate surface area is 151 Å².